The number of phenols is 1. The van der Waals surface area contributed by atoms with Crippen LogP contribution in [0.2, 0.25) is 0 Å². The SMILES string of the molecule is NCCNC1CCc2c(O)cccc21. The summed E-state index contributed by atoms with van der Waals surface area (Å²) in [7, 11) is 0. The zero-order valence-corrected chi connectivity index (χ0v) is 8.16. The maximum Gasteiger partial charge on any atom is 0.119 e. The number of nitrogens with one attached hydrogen (secondary N) is 1. The lowest BCUT2D eigenvalue weighted by molar-refractivity contribution is 0.469. The summed E-state index contributed by atoms with van der Waals surface area (Å²) in [6.07, 6.45) is 2.02. The van der Waals surface area contributed by atoms with E-state index in [0.717, 1.165) is 24.9 Å². The summed E-state index contributed by atoms with van der Waals surface area (Å²) >= 11 is 0. The van der Waals surface area contributed by atoms with Gasteiger partial charge in [0.25, 0.3) is 0 Å². The molecule has 0 amide bonds. The van der Waals surface area contributed by atoms with Gasteiger partial charge in [-0.25, -0.2) is 0 Å². The van der Waals surface area contributed by atoms with E-state index >= 15 is 0 Å². The van der Waals surface area contributed by atoms with Gasteiger partial charge < -0.3 is 16.2 Å². The van der Waals surface area contributed by atoms with Gasteiger partial charge in [0.2, 0.25) is 0 Å². The minimum absolute atomic E-state index is 0.376. The fourth-order valence-electron chi connectivity index (χ4n) is 2.10. The van der Waals surface area contributed by atoms with Crippen molar-refractivity contribution in [2.24, 2.45) is 5.73 Å². The molecule has 1 aromatic rings. The maximum atomic E-state index is 9.62. The topological polar surface area (TPSA) is 58.3 Å². The van der Waals surface area contributed by atoms with Crippen molar-refractivity contribution in [1.29, 1.82) is 0 Å². The standard InChI is InChI=1S/C11H16N2O/c12-6-7-13-10-5-4-9-8(10)2-1-3-11(9)14/h1-3,10,13-14H,4-7,12H2. The molecule has 1 aliphatic rings. The highest BCUT2D eigenvalue weighted by atomic mass is 16.3. The number of nitrogens with two attached hydrogens (primary N) is 1. The Hall–Kier alpha value is -1.06. The van der Waals surface area contributed by atoms with Gasteiger partial charge in [-0.15, -0.1) is 0 Å². The predicted molar refractivity (Wildman–Crippen MR) is 56.2 cm³/mol. The Bertz CT molecular complexity index is 325. The smallest absolute Gasteiger partial charge is 0.119 e. The van der Waals surface area contributed by atoms with Gasteiger partial charge in [-0.1, -0.05) is 12.1 Å². The molecule has 1 atom stereocenters. The van der Waals surface area contributed by atoms with Crippen LogP contribution in [0.4, 0.5) is 0 Å². The number of fused-ring (bicyclic) bond motifs is 1. The van der Waals surface area contributed by atoms with E-state index in [-0.39, 0.29) is 0 Å². The van der Waals surface area contributed by atoms with Crippen LogP contribution in [-0.4, -0.2) is 18.2 Å². The normalized spacial score (nSPS) is 19.6. The first-order chi connectivity index (χ1) is 6.83. The molecule has 0 bridgehead atoms. The van der Waals surface area contributed by atoms with E-state index in [1.807, 2.05) is 6.07 Å². The van der Waals surface area contributed by atoms with Gasteiger partial charge >= 0.3 is 0 Å². The molecule has 0 heterocycles. The van der Waals surface area contributed by atoms with Crippen LogP contribution in [0, 0.1) is 0 Å². The molecule has 1 aliphatic carbocycles. The largest absolute Gasteiger partial charge is 0.508 e. The molecule has 3 nitrogen and oxygen atoms in total. The molecule has 0 saturated carbocycles. The number of rotatable bonds is 3. The van der Waals surface area contributed by atoms with Crippen LogP contribution in [0.25, 0.3) is 0 Å². The second-order valence-electron chi connectivity index (χ2n) is 3.68. The van der Waals surface area contributed by atoms with Crippen molar-refractivity contribution in [3.8, 4) is 5.75 Å². The summed E-state index contributed by atoms with van der Waals surface area (Å²) in [5, 5.41) is 13.0. The van der Waals surface area contributed by atoms with Gasteiger partial charge in [-0.3, -0.25) is 0 Å². The van der Waals surface area contributed by atoms with Crippen molar-refractivity contribution in [2.75, 3.05) is 13.1 Å². The molecule has 0 radical (unpaired) electrons. The lowest BCUT2D eigenvalue weighted by Gasteiger charge is -2.12. The molecule has 3 heteroatoms. The summed E-state index contributed by atoms with van der Waals surface area (Å²) in [4.78, 5) is 0. The van der Waals surface area contributed by atoms with Gasteiger partial charge in [0.05, 0.1) is 0 Å². The molecular weight excluding hydrogens is 176 g/mol. The molecule has 1 aromatic carbocycles. The number of hydrogen-bond donors (Lipinski definition) is 3. The molecule has 0 aromatic heterocycles. The van der Waals surface area contributed by atoms with Crippen LogP contribution < -0.4 is 11.1 Å². The highest BCUT2D eigenvalue weighted by Gasteiger charge is 2.23. The van der Waals surface area contributed by atoms with E-state index in [2.05, 4.69) is 11.4 Å². The first kappa shape index (κ1) is 9.49. The van der Waals surface area contributed by atoms with E-state index in [1.165, 1.54) is 5.56 Å². The fourth-order valence-corrected chi connectivity index (χ4v) is 2.10. The average molecular weight is 192 g/mol. The first-order valence-electron chi connectivity index (χ1n) is 5.07. The number of benzene rings is 1. The van der Waals surface area contributed by atoms with Crippen LogP contribution in [0.1, 0.15) is 23.6 Å². The summed E-state index contributed by atoms with van der Waals surface area (Å²) < 4.78 is 0. The zero-order chi connectivity index (χ0) is 9.97. The van der Waals surface area contributed by atoms with E-state index < -0.39 is 0 Å². The van der Waals surface area contributed by atoms with Crippen LogP contribution >= 0.6 is 0 Å². The van der Waals surface area contributed by atoms with Gasteiger partial charge in [-0.2, -0.15) is 0 Å². The highest BCUT2D eigenvalue weighted by Crippen LogP contribution is 2.35. The van der Waals surface area contributed by atoms with Gasteiger partial charge in [0, 0.05) is 19.1 Å². The molecule has 2 rings (SSSR count). The maximum absolute atomic E-state index is 9.62. The fraction of sp³-hybridized carbons (Fsp3) is 0.455. The van der Waals surface area contributed by atoms with Crippen molar-refractivity contribution in [3.63, 3.8) is 0 Å². The minimum atomic E-state index is 0.376. The summed E-state index contributed by atoms with van der Waals surface area (Å²) in [6.45, 7) is 1.49. The Morgan fingerprint density at radius 3 is 3.14 bits per heavy atom. The van der Waals surface area contributed by atoms with Crippen LogP contribution in [-0.2, 0) is 6.42 Å². The molecule has 76 valence electrons. The monoisotopic (exact) mass is 192 g/mol. The Balaban J connectivity index is 2.18. The van der Waals surface area contributed by atoms with Gasteiger partial charge in [0.1, 0.15) is 5.75 Å². The molecule has 14 heavy (non-hydrogen) atoms. The quantitative estimate of drug-likeness (QED) is 0.667. The second kappa shape index (κ2) is 3.98. The van der Waals surface area contributed by atoms with E-state index in [4.69, 9.17) is 5.73 Å². The van der Waals surface area contributed by atoms with Crippen molar-refractivity contribution in [2.45, 2.75) is 18.9 Å². The second-order valence-corrected chi connectivity index (χ2v) is 3.68. The van der Waals surface area contributed by atoms with Crippen LogP contribution in [0.3, 0.4) is 0 Å². The third kappa shape index (κ3) is 1.61. The Morgan fingerprint density at radius 1 is 1.50 bits per heavy atom. The van der Waals surface area contributed by atoms with Crippen molar-refractivity contribution in [1.82, 2.24) is 5.32 Å². The molecule has 0 saturated heterocycles. The molecule has 0 aliphatic heterocycles. The lowest BCUT2D eigenvalue weighted by atomic mass is 10.1. The Labute approximate surface area is 83.9 Å². The average Bonchev–Trinajstić information content (AvgIpc) is 2.60. The highest BCUT2D eigenvalue weighted by molar-refractivity contribution is 5.44. The number of hydrogen-bond acceptors (Lipinski definition) is 3. The Morgan fingerprint density at radius 2 is 2.36 bits per heavy atom. The minimum Gasteiger partial charge on any atom is -0.508 e. The first-order valence-corrected chi connectivity index (χ1v) is 5.07. The van der Waals surface area contributed by atoms with Crippen molar-refractivity contribution in [3.05, 3.63) is 29.3 Å². The van der Waals surface area contributed by atoms with Crippen LogP contribution in [0.15, 0.2) is 18.2 Å². The van der Waals surface area contributed by atoms with Gasteiger partial charge in [0.15, 0.2) is 0 Å². The molecule has 4 N–H and O–H groups in total. The van der Waals surface area contributed by atoms with Crippen LogP contribution in [0.5, 0.6) is 5.75 Å². The molecule has 0 spiro atoms. The number of aromatic hydroxyl groups is 1. The summed E-state index contributed by atoms with van der Waals surface area (Å²) in [6, 6.07) is 6.11. The lowest BCUT2D eigenvalue weighted by Crippen LogP contribution is -2.25. The summed E-state index contributed by atoms with van der Waals surface area (Å²) in [5.41, 5.74) is 7.78. The molecule has 0 fully saturated rings. The van der Waals surface area contributed by atoms with Crippen molar-refractivity contribution < 1.29 is 5.11 Å². The predicted octanol–water partition coefficient (Wildman–Crippen LogP) is 0.928. The van der Waals surface area contributed by atoms with Gasteiger partial charge in [-0.05, 0) is 30.0 Å². The molecule has 1 unspecified atom stereocenters. The third-order valence-corrected chi connectivity index (χ3v) is 2.78. The van der Waals surface area contributed by atoms with E-state index in [1.54, 1.807) is 6.07 Å². The Kier molecular flexibility index (Phi) is 2.70. The van der Waals surface area contributed by atoms with Crippen molar-refractivity contribution >= 4 is 0 Å². The molecular formula is C11H16N2O. The van der Waals surface area contributed by atoms with E-state index in [9.17, 15) is 5.11 Å². The third-order valence-electron chi connectivity index (χ3n) is 2.78. The number of phenolic OH excluding ortho intramolecular Hbond substituents is 1. The summed E-state index contributed by atoms with van der Waals surface area (Å²) in [5.74, 6) is 0.430. The zero-order valence-electron chi connectivity index (χ0n) is 8.16. The van der Waals surface area contributed by atoms with E-state index in [0.29, 0.717) is 18.3 Å².